The van der Waals surface area contributed by atoms with Crippen LogP contribution >= 0.6 is 0 Å². The number of rotatable bonds is 1. The molecular weight excluding hydrogens is 284 g/mol. The highest BCUT2D eigenvalue weighted by molar-refractivity contribution is 5.24. The lowest BCUT2D eigenvalue weighted by Gasteiger charge is -2.57. The summed E-state index contributed by atoms with van der Waals surface area (Å²) < 4.78 is 0. The third-order valence-corrected chi connectivity index (χ3v) is 8.65. The van der Waals surface area contributed by atoms with E-state index < -0.39 is 5.60 Å². The number of aliphatic hydroxyl groups is 2. The normalized spacial score (nSPS) is 55.4. The fourth-order valence-corrected chi connectivity index (χ4v) is 7.61. The summed E-state index contributed by atoms with van der Waals surface area (Å²) in [5.41, 5.74) is -0.888. The summed E-state index contributed by atoms with van der Waals surface area (Å²) in [4.78, 5) is 0. The number of hydrogen-bond donors (Lipinski definition) is 2. The van der Waals surface area contributed by atoms with Crippen LogP contribution in [-0.4, -0.2) is 21.9 Å². The van der Waals surface area contributed by atoms with Gasteiger partial charge in [0.05, 0.1) is 6.10 Å². The molecule has 4 aliphatic rings. The van der Waals surface area contributed by atoms with Gasteiger partial charge in [-0.15, -0.1) is 6.42 Å². The van der Waals surface area contributed by atoms with Gasteiger partial charge in [0, 0.05) is 5.41 Å². The highest BCUT2D eigenvalue weighted by Crippen LogP contribution is 2.66. The molecule has 4 rings (SSSR count). The molecule has 128 valence electrons. The maximum Gasteiger partial charge on any atom is 0.131 e. The van der Waals surface area contributed by atoms with Gasteiger partial charge in [0.1, 0.15) is 5.60 Å². The summed E-state index contributed by atoms with van der Waals surface area (Å²) >= 11 is 0. The predicted molar refractivity (Wildman–Crippen MR) is 91.5 cm³/mol. The Balaban J connectivity index is 1.62. The minimum Gasteiger partial charge on any atom is -0.393 e. The van der Waals surface area contributed by atoms with Gasteiger partial charge in [0.15, 0.2) is 0 Å². The van der Waals surface area contributed by atoms with Gasteiger partial charge in [-0.2, -0.15) is 0 Å². The lowest BCUT2D eigenvalue weighted by Crippen LogP contribution is -2.54. The van der Waals surface area contributed by atoms with Crippen LogP contribution in [0.5, 0.6) is 0 Å². The molecule has 0 radical (unpaired) electrons. The highest BCUT2D eigenvalue weighted by Gasteiger charge is 2.63. The minimum atomic E-state index is -0.864. The average Bonchev–Trinajstić information content (AvgIpc) is 2.88. The van der Waals surface area contributed by atoms with E-state index in [-0.39, 0.29) is 11.5 Å². The average molecular weight is 316 g/mol. The van der Waals surface area contributed by atoms with E-state index in [1.165, 1.54) is 25.7 Å². The van der Waals surface area contributed by atoms with Crippen molar-refractivity contribution in [1.82, 2.24) is 0 Å². The van der Waals surface area contributed by atoms with Crippen molar-refractivity contribution in [3.8, 4) is 12.3 Å². The Labute approximate surface area is 141 Å². The Bertz CT molecular complexity index is 508. The first kappa shape index (κ1) is 16.0. The zero-order chi connectivity index (χ0) is 16.2. The molecule has 8 atom stereocenters. The van der Waals surface area contributed by atoms with E-state index in [0.29, 0.717) is 5.92 Å². The summed E-state index contributed by atoms with van der Waals surface area (Å²) in [5, 5.41) is 21.2. The predicted octanol–water partition coefficient (Wildman–Crippen LogP) is 3.75. The number of terminal acetylenes is 1. The van der Waals surface area contributed by atoms with Crippen molar-refractivity contribution in [2.75, 3.05) is 0 Å². The molecule has 2 heteroatoms. The number of aliphatic hydroxyl groups excluding tert-OH is 1. The van der Waals surface area contributed by atoms with Gasteiger partial charge < -0.3 is 10.2 Å². The lowest BCUT2D eigenvalue weighted by atomic mass is 9.48. The maximum absolute atomic E-state index is 11.1. The summed E-state index contributed by atoms with van der Waals surface area (Å²) in [6.07, 6.45) is 16.9. The van der Waals surface area contributed by atoms with Crippen LogP contribution in [0.2, 0.25) is 0 Å². The largest absolute Gasteiger partial charge is 0.393 e. The standard InChI is InChI=1S/C21H32O2/c1-3-20-11-9-17-16-8-6-15(22)13-14(16)5-7-18(17)19(20)10-12-21(20,23)4-2/h2,14-19,22-23H,3,5-13H2,1H3/t14?,15?,16-,17+,18+,19-,20-,21+/m0/s1. The Hall–Kier alpha value is -0.520. The first-order valence-corrected chi connectivity index (χ1v) is 9.93. The third kappa shape index (κ3) is 2.09. The molecule has 0 amide bonds. The van der Waals surface area contributed by atoms with Crippen LogP contribution in [0.1, 0.15) is 71.1 Å². The van der Waals surface area contributed by atoms with Gasteiger partial charge in [-0.1, -0.05) is 12.8 Å². The Kier molecular flexibility index (Phi) is 3.82. The summed E-state index contributed by atoms with van der Waals surface area (Å²) in [6, 6.07) is 0. The van der Waals surface area contributed by atoms with Crippen molar-refractivity contribution in [1.29, 1.82) is 0 Å². The zero-order valence-electron chi connectivity index (χ0n) is 14.5. The van der Waals surface area contributed by atoms with Gasteiger partial charge >= 0.3 is 0 Å². The first-order chi connectivity index (χ1) is 11.0. The zero-order valence-corrected chi connectivity index (χ0v) is 14.5. The molecule has 4 saturated carbocycles. The van der Waals surface area contributed by atoms with E-state index in [1.807, 2.05) is 0 Å². The molecule has 0 saturated heterocycles. The van der Waals surface area contributed by atoms with E-state index in [0.717, 1.165) is 62.2 Å². The Morgan fingerprint density at radius 2 is 1.78 bits per heavy atom. The molecule has 23 heavy (non-hydrogen) atoms. The van der Waals surface area contributed by atoms with Crippen molar-refractivity contribution in [3.05, 3.63) is 0 Å². The lowest BCUT2D eigenvalue weighted by molar-refractivity contribution is -0.121. The van der Waals surface area contributed by atoms with E-state index in [1.54, 1.807) is 0 Å². The number of fused-ring (bicyclic) bond motifs is 5. The van der Waals surface area contributed by atoms with Crippen LogP contribution in [0.25, 0.3) is 0 Å². The van der Waals surface area contributed by atoms with E-state index in [9.17, 15) is 10.2 Å². The second-order valence-electron chi connectivity index (χ2n) is 8.99. The van der Waals surface area contributed by atoms with E-state index in [4.69, 9.17) is 6.42 Å². The topological polar surface area (TPSA) is 40.5 Å². The minimum absolute atomic E-state index is 0.0239. The Morgan fingerprint density at radius 1 is 1.00 bits per heavy atom. The molecule has 4 aliphatic carbocycles. The molecule has 0 bridgehead atoms. The van der Waals surface area contributed by atoms with Crippen LogP contribution in [-0.2, 0) is 0 Å². The smallest absolute Gasteiger partial charge is 0.131 e. The van der Waals surface area contributed by atoms with Gasteiger partial charge in [0.25, 0.3) is 0 Å². The molecule has 4 fully saturated rings. The fourth-order valence-electron chi connectivity index (χ4n) is 7.61. The molecular formula is C21H32O2. The van der Waals surface area contributed by atoms with Crippen molar-refractivity contribution in [2.24, 2.45) is 35.0 Å². The summed E-state index contributed by atoms with van der Waals surface area (Å²) in [6.45, 7) is 2.24. The van der Waals surface area contributed by atoms with Crippen LogP contribution < -0.4 is 0 Å². The maximum atomic E-state index is 11.1. The SMILES string of the molecule is C#C[C@@]1(O)CC[C@H]2[C@@H]3CCC4CC(O)CC[C@@H]4[C@H]3CC[C@@]21CC. The van der Waals surface area contributed by atoms with Crippen molar-refractivity contribution >= 4 is 0 Å². The van der Waals surface area contributed by atoms with Crippen LogP contribution in [0.3, 0.4) is 0 Å². The van der Waals surface area contributed by atoms with E-state index >= 15 is 0 Å². The summed E-state index contributed by atoms with van der Waals surface area (Å²) in [7, 11) is 0. The van der Waals surface area contributed by atoms with Crippen molar-refractivity contribution in [3.63, 3.8) is 0 Å². The fraction of sp³-hybridized carbons (Fsp3) is 0.905. The van der Waals surface area contributed by atoms with Gasteiger partial charge in [-0.25, -0.2) is 0 Å². The van der Waals surface area contributed by atoms with Crippen molar-refractivity contribution in [2.45, 2.75) is 82.8 Å². The second kappa shape index (κ2) is 5.50. The molecule has 2 N–H and O–H groups in total. The van der Waals surface area contributed by atoms with E-state index in [2.05, 4.69) is 12.8 Å². The van der Waals surface area contributed by atoms with Crippen LogP contribution in [0.4, 0.5) is 0 Å². The molecule has 0 spiro atoms. The van der Waals surface area contributed by atoms with Gasteiger partial charge in [0.2, 0.25) is 0 Å². The molecule has 0 aromatic rings. The van der Waals surface area contributed by atoms with Gasteiger partial charge in [-0.3, -0.25) is 0 Å². The quantitative estimate of drug-likeness (QED) is 0.723. The second-order valence-corrected chi connectivity index (χ2v) is 8.99. The monoisotopic (exact) mass is 316 g/mol. The molecule has 2 unspecified atom stereocenters. The molecule has 0 aromatic carbocycles. The molecule has 0 aromatic heterocycles. The number of hydrogen-bond acceptors (Lipinski definition) is 2. The van der Waals surface area contributed by atoms with Gasteiger partial charge in [-0.05, 0) is 93.8 Å². The molecule has 2 nitrogen and oxygen atoms in total. The highest BCUT2D eigenvalue weighted by atomic mass is 16.3. The summed E-state index contributed by atoms with van der Waals surface area (Å²) in [5.74, 6) is 6.61. The molecule has 0 heterocycles. The van der Waals surface area contributed by atoms with Crippen molar-refractivity contribution < 1.29 is 10.2 Å². The molecule has 0 aliphatic heterocycles. The van der Waals surface area contributed by atoms with Crippen LogP contribution in [0.15, 0.2) is 0 Å². The van der Waals surface area contributed by atoms with Crippen LogP contribution in [0, 0.1) is 47.3 Å². The first-order valence-electron chi connectivity index (χ1n) is 9.93. The Morgan fingerprint density at radius 3 is 2.52 bits per heavy atom. The third-order valence-electron chi connectivity index (χ3n) is 8.65.